The monoisotopic (exact) mass is 506 g/mol. The van der Waals surface area contributed by atoms with Crippen LogP contribution in [0.4, 0.5) is 8.78 Å². The standard InChI is InChI=1S/C15H10ClFO.C14H8ClFO/c1-18-15-11(16)8-7-10-6-5-9-3-2-4-12(17)13(9)14(10)15;15-10-7-6-9-5-4-8-2-1-3-11(16)12(8)13(9)14(10)17/h2-8H,1H3;1-7,17H. The van der Waals surface area contributed by atoms with Gasteiger partial charge in [0.1, 0.15) is 23.1 Å². The molecule has 35 heavy (non-hydrogen) atoms. The number of methoxy groups -OCH3 is 1. The Kier molecular flexibility index (Phi) is 6.10. The molecule has 174 valence electrons. The first kappa shape index (κ1) is 23.2. The molecule has 2 nitrogen and oxygen atoms in total. The number of phenols is 1. The predicted molar refractivity (Wildman–Crippen MR) is 141 cm³/mol. The number of benzene rings is 6. The molecule has 0 aliphatic heterocycles. The van der Waals surface area contributed by atoms with Crippen LogP contribution >= 0.6 is 23.2 Å². The van der Waals surface area contributed by atoms with Crippen LogP contribution in [-0.4, -0.2) is 12.2 Å². The molecule has 6 rings (SSSR count). The van der Waals surface area contributed by atoms with Crippen molar-refractivity contribution in [2.75, 3.05) is 7.11 Å². The molecule has 0 aliphatic rings. The zero-order valence-electron chi connectivity index (χ0n) is 18.5. The number of fused-ring (bicyclic) bond motifs is 6. The number of halogens is 4. The number of hydrogen-bond donors (Lipinski definition) is 1. The van der Waals surface area contributed by atoms with E-state index in [-0.39, 0.29) is 22.4 Å². The maximum Gasteiger partial charge on any atom is 0.145 e. The Balaban J connectivity index is 0.000000145. The van der Waals surface area contributed by atoms with Gasteiger partial charge in [-0.25, -0.2) is 8.78 Å². The average Bonchev–Trinajstić information content (AvgIpc) is 2.86. The molecule has 1 N–H and O–H groups in total. The summed E-state index contributed by atoms with van der Waals surface area (Å²) in [6.45, 7) is 0. The largest absolute Gasteiger partial charge is 0.506 e. The summed E-state index contributed by atoms with van der Waals surface area (Å²) in [4.78, 5) is 0. The van der Waals surface area contributed by atoms with Gasteiger partial charge in [0.25, 0.3) is 0 Å². The van der Waals surface area contributed by atoms with E-state index in [2.05, 4.69) is 0 Å². The van der Waals surface area contributed by atoms with E-state index in [0.29, 0.717) is 26.9 Å². The first-order valence-corrected chi connectivity index (χ1v) is 11.5. The normalized spacial score (nSPS) is 11.1. The van der Waals surface area contributed by atoms with Crippen molar-refractivity contribution < 1.29 is 18.6 Å². The second-order valence-corrected chi connectivity index (χ2v) is 8.79. The van der Waals surface area contributed by atoms with Crippen LogP contribution in [0.1, 0.15) is 0 Å². The van der Waals surface area contributed by atoms with Crippen LogP contribution in [0.25, 0.3) is 43.1 Å². The first-order chi connectivity index (χ1) is 16.9. The molecule has 6 aromatic carbocycles. The number of rotatable bonds is 1. The minimum absolute atomic E-state index is 0.0696. The van der Waals surface area contributed by atoms with Crippen LogP contribution in [0.3, 0.4) is 0 Å². The lowest BCUT2D eigenvalue weighted by Crippen LogP contribution is -1.89. The quantitative estimate of drug-likeness (QED) is 0.225. The molecule has 0 bridgehead atoms. The Hall–Kier alpha value is -3.60. The topological polar surface area (TPSA) is 29.5 Å². The third kappa shape index (κ3) is 3.99. The van der Waals surface area contributed by atoms with E-state index in [1.807, 2.05) is 36.4 Å². The van der Waals surface area contributed by atoms with Gasteiger partial charge in [0, 0.05) is 21.5 Å². The van der Waals surface area contributed by atoms with E-state index in [9.17, 15) is 13.9 Å². The molecule has 0 radical (unpaired) electrons. The molecule has 0 spiro atoms. The summed E-state index contributed by atoms with van der Waals surface area (Å²) < 4.78 is 33.3. The average molecular weight is 507 g/mol. The first-order valence-electron chi connectivity index (χ1n) is 10.7. The highest BCUT2D eigenvalue weighted by molar-refractivity contribution is 6.34. The van der Waals surface area contributed by atoms with Crippen LogP contribution in [-0.2, 0) is 0 Å². The predicted octanol–water partition coefficient (Wildman–Crippen LogP) is 9.29. The van der Waals surface area contributed by atoms with Gasteiger partial charge in [-0.2, -0.15) is 0 Å². The molecule has 0 unspecified atom stereocenters. The van der Waals surface area contributed by atoms with Crippen molar-refractivity contribution in [2.24, 2.45) is 0 Å². The molecular formula is C29H18Cl2F2O2. The molecule has 6 heteroatoms. The maximum atomic E-state index is 14.1. The van der Waals surface area contributed by atoms with Crippen molar-refractivity contribution in [2.45, 2.75) is 0 Å². The fraction of sp³-hybridized carbons (Fsp3) is 0.0345. The maximum absolute atomic E-state index is 14.1. The summed E-state index contributed by atoms with van der Waals surface area (Å²) in [5.41, 5.74) is 0. The van der Waals surface area contributed by atoms with Crippen molar-refractivity contribution in [1.82, 2.24) is 0 Å². The third-order valence-corrected chi connectivity index (χ3v) is 6.59. The Morgan fingerprint density at radius 1 is 0.571 bits per heavy atom. The van der Waals surface area contributed by atoms with Gasteiger partial charge in [-0.15, -0.1) is 0 Å². The van der Waals surface area contributed by atoms with E-state index in [4.69, 9.17) is 27.9 Å². The summed E-state index contributed by atoms with van der Waals surface area (Å²) >= 11 is 12.0. The molecule has 0 amide bonds. The van der Waals surface area contributed by atoms with Crippen LogP contribution in [0.5, 0.6) is 11.5 Å². The zero-order valence-corrected chi connectivity index (χ0v) is 20.0. The lowest BCUT2D eigenvalue weighted by molar-refractivity contribution is 0.420. The van der Waals surface area contributed by atoms with Crippen LogP contribution in [0.2, 0.25) is 10.0 Å². The van der Waals surface area contributed by atoms with Gasteiger partial charge in [0.15, 0.2) is 0 Å². The van der Waals surface area contributed by atoms with E-state index in [0.717, 1.165) is 26.9 Å². The van der Waals surface area contributed by atoms with Crippen LogP contribution < -0.4 is 4.74 Å². The van der Waals surface area contributed by atoms with Crippen molar-refractivity contribution >= 4 is 66.3 Å². The molecule has 0 atom stereocenters. The molecule has 6 aromatic rings. The molecule has 0 saturated heterocycles. The summed E-state index contributed by atoms with van der Waals surface area (Å²) in [5, 5.41) is 16.1. The summed E-state index contributed by atoms with van der Waals surface area (Å²) in [6.07, 6.45) is 0. The van der Waals surface area contributed by atoms with Crippen molar-refractivity contribution in [3.05, 3.63) is 107 Å². The molecule has 0 aromatic heterocycles. The summed E-state index contributed by atoms with van der Waals surface area (Å²) in [5.74, 6) is -0.172. The van der Waals surface area contributed by atoms with Gasteiger partial charge in [0.2, 0.25) is 0 Å². The van der Waals surface area contributed by atoms with Gasteiger partial charge < -0.3 is 9.84 Å². The minimum atomic E-state index is -0.356. The van der Waals surface area contributed by atoms with Crippen LogP contribution in [0, 0.1) is 11.6 Å². The van der Waals surface area contributed by atoms with Crippen molar-refractivity contribution in [3.8, 4) is 11.5 Å². The summed E-state index contributed by atoms with van der Waals surface area (Å²) in [7, 11) is 1.54. The zero-order chi connectivity index (χ0) is 24.7. The van der Waals surface area contributed by atoms with Gasteiger partial charge in [-0.1, -0.05) is 83.9 Å². The molecule has 0 fully saturated rings. The molecule has 0 aliphatic carbocycles. The fourth-order valence-electron chi connectivity index (χ4n) is 4.40. The lowest BCUT2D eigenvalue weighted by atomic mass is 10.0. The lowest BCUT2D eigenvalue weighted by Gasteiger charge is -2.11. The molecular weight excluding hydrogens is 489 g/mol. The molecule has 0 heterocycles. The highest BCUT2D eigenvalue weighted by Gasteiger charge is 2.13. The minimum Gasteiger partial charge on any atom is -0.506 e. The van der Waals surface area contributed by atoms with E-state index in [1.165, 1.54) is 12.1 Å². The highest BCUT2D eigenvalue weighted by atomic mass is 35.5. The number of phenolic OH excluding ortho intramolecular Hbond substituents is 1. The van der Waals surface area contributed by atoms with E-state index in [1.54, 1.807) is 43.5 Å². The number of aromatic hydroxyl groups is 1. The van der Waals surface area contributed by atoms with E-state index < -0.39 is 0 Å². The van der Waals surface area contributed by atoms with Gasteiger partial charge in [-0.05, 0) is 45.8 Å². The Morgan fingerprint density at radius 2 is 1.00 bits per heavy atom. The van der Waals surface area contributed by atoms with Gasteiger partial charge in [-0.3, -0.25) is 0 Å². The SMILES string of the molecule is COc1c(Cl)ccc2ccc3cccc(F)c3c12.Oc1c(Cl)ccc2ccc3cccc(F)c3c12. The second-order valence-electron chi connectivity index (χ2n) is 7.98. The van der Waals surface area contributed by atoms with Crippen molar-refractivity contribution in [1.29, 1.82) is 0 Å². The number of ether oxygens (including phenoxy) is 1. The second kappa shape index (κ2) is 9.21. The van der Waals surface area contributed by atoms with Crippen LogP contribution in [0.15, 0.2) is 84.9 Å². The third-order valence-electron chi connectivity index (χ3n) is 5.98. The van der Waals surface area contributed by atoms with Crippen molar-refractivity contribution in [3.63, 3.8) is 0 Å². The van der Waals surface area contributed by atoms with Gasteiger partial charge >= 0.3 is 0 Å². The van der Waals surface area contributed by atoms with Gasteiger partial charge in [0.05, 0.1) is 17.2 Å². The fourth-order valence-corrected chi connectivity index (χ4v) is 4.79. The smallest absolute Gasteiger partial charge is 0.145 e. The highest BCUT2D eigenvalue weighted by Crippen LogP contribution is 2.39. The van der Waals surface area contributed by atoms with E-state index >= 15 is 0 Å². The summed E-state index contributed by atoms with van der Waals surface area (Å²) in [6, 6.07) is 24.3. The number of hydrogen-bond acceptors (Lipinski definition) is 2. The Labute approximate surface area is 209 Å². The Bertz CT molecular complexity index is 1750. The molecule has 0 saturated carbocycles. The Morgan fingerprint density at radius 3 is 1.54 bits per heavy atom.